The van der Waals surface area contributed by atoms with E-state index in [0.717, 1.165) is 6.61 Å². The highest BCUT2D eigenvalue weighted by molar-refractivity contribution is 7.35. The minimum Gasteiger partial charge on any atom is -0.432 e. The molecule has 1 N–H and O–H groups in total. The fourth-order valence-electron chi connectivity index (χ4n) is 0.537. The first kappa shape index (κ1) is 10.4. The summed E-state index contributed by atoms with van der Waals surface area (Å²) < 4.78 is 5.54. The van der Waals surface area contributed by atoms with Gasteiger partial charge >= 0.3 is 0 Å². The molecule has 0 radical (unpaired) electrons. The molecule has 62 valence electrons. The lowest BCUT2D eigenvalue weighted by Crippen LogP contribution is -2.57. The Kier molecular flexibility index (Phi) is 3.28. The Hall–Kier alpha value is 0.354. The Morgan fingerprint density at radius 1 is 1.20 bits per heavy atom. The van der Waals surface area contributed by atoms with Crippen LogP contribution in [-0.2, 0) is 4.43 Å². The first-order valence-electron chi connectivity index (χ1n) is 3.67. The molecule has 0 spiro atoms. The number of hydrogen-bond donors (Lipinski definition) is 1. The van der Waals surface area contributed by atoms with Crippen LogP contribution < -0.4 is 0 Å². The summed E-state index contributed by atoms with van der Waals surface area (Å²) in [6.07, 6.45) is 0. The van der Waals surface area contributed by atoms with Crippen LogP contribution in [0.25, 0.3) is 0 Å². The minimum absolute atomic E-state index is 0.732. The van der Waals surface area contributed by atoms with Crippen molar-refractivity contribution in [3.05, 3.63) is 0 Å². The summed E-state index contributed by atoms with van der Waals surface area (Å²) in [6.45, 7) is 10.8. The van der Waals surface area contributed by atoms with Crippen LogP contribution in [0.15, 0.2) is 0 Å². The van der Waals surface area contributed by atoms with E-state index in [2.05, 4.69) is 13.1 Å². The van der Waals surface area contributed by atoms with Crippen molar-refractivity contribution in [2.45, 2.75) is 33.1 Å². The molecule has 0 rings (SSSR count). The van der Waals surface area contributed by atoms with Crippen LogP contribution in [0, 0.1) is 0 Å². The Morgan fingerprint density at radius 2 is 1.60 bits per heavy atom. The lowest BCUT2D eigenvalue weighted by molar-refractivity contribution is 0.335. The second-order valence-corrected chi connectivity index (χ2v) is 17.2. The van der Waals surface area contributed by atoms with Crippen LogP contribution in [0.2, 0.25) is 26.2 Å². The molecule has 0 unspecified atom stereocenters. The first-order valence-corrected chi connectivity index (χ1v) is 10.5. The average molecular weight is 178 g/mol. The lowest BCUT2D eigenvalue weighted by Gasteiger charge is -2.31. The predicted octanol–water partition coefficient (Wildman–Crippen LogP) is 1.50. The van der Waals surface area contributed by atoms with Gasteiger partial charge in [-0.05, 0) is 33.1 Å². The van der Waals surface area contributed by atoms with Crippen molar-refractivity contribution in [3.63, 3.8) is 0 Å². The first-order chi connectivity index (χ1) is 4.31. The van der Waals surface area contributed by atoms with E-state index in [-0.39, 0.29) is 0 Å². The van der Waals surface area contributed by atoms with Crippen molar-refractivity contribution >= 4 is 15.7 Å². The third-order valence-electron chi connectivity index (χ3n) is 1.98. The van der Waals surface area contributed by atoms with E-state index >= 15 is 0 Å². The molecule has 4 heteroatoms. The summed E-state index contributed by atoms with van der Waals surface area (Å²) in [5, 5.41) is 0. The molecule has 0 bridgehead atoms. The molecule has 0 saturated heterocycles. The molecule has 0 heterocycles. The van der Waals surface area contributed by atoms with Gasteiger partial charge in [0.05, 0.1) is 0 Å². The molecule has 10 heavy (non-hydrogen) atoms. The van der Waals surface area contributed by atoms with E-state index in [4.69, 9.17) is 4.43 Å². The van der Waals surface area contributed by atoms with Gasteiger partial charge in [-0.2, -0.15) is 0 Å². The summed E-state index contributed by atoms with van der Waals surface area (Å²) in [4.78, 5) is 9.75. The summed E-state index contributed by atoms with van der Waals surface area (Å²) in [5.41, 5.74) is 0. The summed E-state index contributed by atoms with van der Waals surface area (Å²) >= 11 is 0. The minimum atomic E-state index is -1.99. The maximum atomic E-state index is 9.75. The van der Waals surface area contributed by atoms with Gasteiger partial charge in [-0.1, -0.05) is 0 Å². The molecule has 0 fully saturated rings. The lowest BCUT2D eigenvalue weighted by atomic mass is 10.9. The molecule has 0 amide bonds. The van der Waals surface area contributed by atoms with E-state index in [9.17, 15) is 4.80 Å². The van der Waals surface area contributed by atoms with Gasteiger partial charge in [0, 0.05) is 6.61 Å². The van der Waals surface area contributed by atoms with Gasteiger partial charge in [0.25, 0.3) is 0 Å². The summed E-state index contributed by atoms with van der Waals surface area (Å²) in [6, 6.07) is 0. The quantitative estimate of drug-likeness (QED) is 0.664. The predicted molar refractivity (Wildman–Crippen MR) is 48.8 cm³/mol. The zero-order valence-electron chi connectivity index (χ0n) is 7.56. The van der Waals surface area contributed by atoms with E-state index in [1.807, 2.05) is 20.0 Å². The highest BCUT2D eigenvalue weighted by atomic mass is 29.3. The van der Waals surface area contributed by atoms with Crippen molar-refractivity contribution in [1.82, 2.24) is 0 Å². The fourth-order valence-corrected chi connectivity index (χ4v) is 3.11. The fraction of sp³-hybridized carbons (Fsp3) is 1.00. The topological polar surface area (TPSA) is 29.5 Å². The Morgan fingerprint density at radius 3 is 1.70 bits per heavy atom. The Balaban J connectivity index is 4.10. The van der Waals surface area contributed by atoms with Crippen molar-refractivity contribution < 1.29 is 9.22 Å². The number of rotatable bonds is 3. The van der Waals surface area contributed by atoms with Gasteiger partial charge in [-0.15, -0.1) is 0 Å². The van der Waals surface area contributed by atoms with Crippen molar-refractivity contribution in [2.24, 2.45) is 0 Å². The zero-order valence-corrected chi connectivity index (χ0v) is 9.56. The smallest absolute Gasteiger partial charge is 0.204 e. The van der Waals surface area contributed by atoms with Crippen LogP contribution in [-0.4, -0.2) is 27.1 Å². The molecule has 0 aliphatic heterocycles. The van der Waals surface area contributed by atoms with Gasteiger partial charge in [0.1, 0.15) is 0 Å². The van der Waals surface area contributed by atoms with Crippen molar-refractivity contribution in [2.75, 3.05) is 6.61 Å². The van der Waals surface area contributed by atoms with Crippen molar-refractivity contribution in [1.29, 1.82) is 0 Å². The molecule has 0 aliphatic rings. The largest absolute Gasteiger partial charge is 0.432 e. The van der Waals surface area contributed by atoms with E-state index < -0.39 is 15.7 Å². The van der Waals surface area contributed by atoms with Gasteiger partial charge in [0.15, 0.2) is 0 Å². The maximum Gasteiger partial charge on any atom is 0.204 e. The third-order valence-corrected chi connectivity index (χ3v) is 15.2. The van der Waals surface area contributed by atoms with Crippen LogP contribution >= 0.6 is 0 Å². The van der Waals surface area contributed by atoms with Gasteiger partial charge in [0.2, 0.25) is 15.7 Å². The molecule has 0 aromatic rings. The van der Waals surface area contributed by atoms with E-state index in [1.165, 1.54) is 0 Å². The zero-order chi connectivity index (χ0) is 8.41. The second-order valence-electron chi connectivity index (χ2n) is 3.50. The Bertz CT molecular complexity index is 107. The Labute approximate surface area is 65.3 Å². The summed E-state index contributed by atoms with van der Waals surface area (Å²) in [7, 11) is -3.70. The molecule has 0 atom stereocenters. The van der Waals surface area contributed by atoms with Crippen LogP contribution in [0.5, 0.6) is 0 Å². The van der Waals surface area contributed by atoms with Crippen LogP contribution in [0.1, 0.15) is 6.92 Å². The SMILES string of the molecule is CCO[Si](C)(C)[Si](C)(C)O. The monoisotopic (exact) mass is 178 g/mol. The molecule has 0 aromatic carbocycles. The summed E-state index contributed by atoms with van der Waals surface area (Å²) in [5.74, 6) is 0. The molecule has 0 aliphatic carbocycles. The maximum absolute atomic E-state index is 9.75. The van der Waals surface area contributed by atoms with E-state index in [1.54, 1.807) is 0 Å². The third kappa shape index (κ3) is 2.53. The molecular weight excluding hydrogens is 160 g/mol. The normalized spacial score (nSPS) is 13.8. The van der Waals surface area contributed by atoms with E-state index in [0.29, 0.717) is 0 Å². The van der Waals surface area contributed by atoms with Crippen LogP contribution in [0.3, 0.4) is 0 Å². The van der Waals surface area contributed by atoms with Crippen molar-refractivity contribution in [3.8, 4) is 0 Å². The molecule has 2 nitrogen and oxygen atoms in total. The highest BCUT2D eigenvalue weighted by Gasteiger charge is 2.41. The molecule has 0 saturated carbocycles. The van der Waals surface area contributed by atoms with Crippen LogP contribution in [0.4, 0.5) is 0 Å². The van der Waals surface area contributed by atoms with Gasteiger partial charge in [-0.25, -0.2) is 0 Å². The molecule has 0 aromatic heterocycles. The van der Waals surface area contributed by atoms with Gasteiger partial charge in [-0.3, -0.25) is 0 Å². The molecular formula is C6H18O2Si2. The van der Waals surface area contributed by atoms with Gasteiger partial charge < -0.3 is 9.22 Å². The average Bonchev–Trinajstić information content (AvgIpc) is 1.61. The highest BCUT2D eigenvalue weighted by Crippen LogP contribution is 2.16. The second kappa shape index (κ2) is 3.17. The number of hydrogen-bond acceptors (Lipinski definition) is 2. The standard InChI is InChI=1S/C6H18O2Si2/c1-6-8-10(4,5)9(2,3)7/h7H,6H2,1-5H3.